The topological polar surface area (TPSA) is 53.9 Å². The van der Waals surface area contributed by atoms with E-state index >= 15 is 0 Å². The number of aryl methyl sites for hydroxylation is 2. The van der Waals surface area contributed by atoms with Crippen molar-refractivity contribution in [3.05, 3.63) is 53.2 Å². The Balaban J connectivity index is 1.77. The minimum absolute atomic E-state index is 0.0459. The lowest BCUT2D eigenvalue weighted by atomic mass is 10.1. The number of aromatic amines is 1. The van der Waals surface area contributed by atoms with Gasteiger partial charge in [-0.15, -0.1) is 0 Å². The summed E-state index contributed by atoms with van der Waals surface area (Å²) < 4.78 is 2.10. The molecule has 0 bridgehead atoms. The Morgan fingerprint density at radius 3 is 2.83 bits per heavy atom. The first kappa shape index (κ1) is 15.0. The van der Waals surface area contributed by atoms with Crippen molar-refractivity contribution in [1.82, 2.24) is 19.4 Å². The van der Waals surface area contributed by atoms with E-state index in [0.29, 0.717) is 0 Å². The highest BCUT2D eigenvalue weighted by molar-refractivity contribution is 6.08. The number of carbonyl (C=O) groups is 1. The molecule has 0 saturated carbocycles. The molecule has 0 aliphatic carbocycles. The van der Waals surface area contributed by atoms with E-state index in [0.717, 1.165) is 53.1 Å². The van der Waals surface area contributed by atoms with E-state index in [2.05, 4.69) is 20.6 Å². The van der Waals surface area contributed by atoms with Crippen LogP contribution in [-0.2, 0) is 7.05 Å². The molecule has 1 aromatic carbocycles. The summed E-state index contributed by atoms with van der Waals surface area (Å²) in [5.74, 6) is 1.01. The lowest BCUT2D eigenvalue weighted by molar-refractivity contribution is 0.0731. The lowest BCUT2D eigenvalue weighted by Gasteiger charge is -2.23. The zero-order chi connectivity index (χ0) is 16.8. The van der Waals surface area contributed by atoms with E-state index in [4.69, 9.17) is 0 Å². The minimum Gasteiger partial charge on any atom is -0.347 e. The third-order valence-corrected chi connectivity index (χ3v) is 5.17. The first-order valence-corrected chi connectivity index (χ1v) is 8.44. The van der Waals surface area contributed by atoms with Crippen LogP contribution in [0.25, 0.3) is 10.9 Å². The fourth-order valence-electron chi connectivity index (χ4n) is 3.83. The highest BCUT2D eigenvalue weighted by Gasteiger charge is 2.34. The molecule has 5 nitrogen and oxygen atoms in total. The van der Waals surface area contributed by atoms with Gasteiger partial charge in [0.2, 0.25) is 0 Å². The van der Waals surface area contributed by atoms with Crippen molar-refractivity contribution in [2.24, 2.45) is 7.05 Å². The van der Waals surface area contributed by atoms with E-state index in [1.165, 1.54) is 0 Å². The maximum absolute atomic E-state index is 13.4. The van der Waals surface area contributed by atoms with Crippen LogP contribution < -0.4 is 0 Å². The van der Waals surface area contributed by atoms with Crippen LogP contribution in [0.15, 0.2) is 30.5 Å². The number of fused-ring (bicyclic) bond motifs is 1. The molecule has 3 heterocycles. The normalized spacial score (nSPS) is 17.8. The van der Waals surface area contributed by atoms with E-state index < -0.39 is 0 Å². The van der Waals surface area contributed by atoms with Gasteiger partial charge in [0.25, 0.3) is 5.91 Å². The van der Waals surface area contributed by atoms with Gasteiger partial charge in [0, 0.05) is 42.1 Å². The van der Waals surface area contributed by atoms with Crippen molar-refractivity contribution in [3.63, 3.8) is 0 Å². The van der Waals surface area contributed by atoms with Crippen LogP contribution >= 0.6 is 0 Å². The van der Waals surface area contributed by atoms with Gasteiger partial charge in [-0.05, 0) is 32.8 Å². The number of H-pyrrole nitrogens is 1. The number of hydrogen-bond donors (Lipinski definition) is 1. The van der Waals surface area contributed by atoms with E-state index in [1.807, 2.05) is 50.2 Å². The number of nitrogens with one attached hydrogen (secondary N) is 1. The van der Waals surface area contributed by atoms with Gasteiger partial charge in [0.05, 0.1) is 11.6 Å². The first-order valence-electron chi connectivity index (χ1n) is 8.44. The van der Waals surface area contributed by atoms with Gasteiger partial charge in [0.15, 0.2) is 0 Å². The van der Waals surface area contributed by atoms with Gasteiger partial charge < -0.3 is 14.5 Å². The number of hydrogen-bond acceptors (Lipinski definition) is 2. The molecule has 0 radical (unpaired) electrons. The summed E-state index contributed by atoms with van der Waals surface area (Å²) in [5.41, 5.74) is 3.97. The summed E-state index contributed by atoms with van der Waals surface area (Å²) in [5, 5.41) is 1.03. The number of nitrogens with zero attached hydrogens (tertiary/aromatic N) is 3. The molecule has 1 fully saturated rings. The van der Waals surface area contributed by atoms with E-state index in [1.54, 1.807) is 0 Å². The zero-order valence-electron chi connectivity index (χ0n) is 14.3. The Labute approximate surface area is 141 Å². The first-order chi connectivity index (χ1) is 11.6. The summed E-state index contributed by atoms with van der Waals surface area (Å²) in [6.07, 6.45) is 3.81. The van der Waals surface area contributed by atoms with E-state index in [9.17, 15) is 4.79 Å². The Kier molecular flexibility index (Phi) is 3.44. The fourth-order valence-corrected chi connectivity index (χ4v) is 3.83. The number of carbonyl (C=O) groups excluding carboxylic acids is 1. The molecule has 1 saturated heterocycles. The third-order valence-electron chi connectivity index (χ3n) is 5.17. The molecular weight excluding hydrogens is 300 g/mol. The van der Waals surface area contributed by atoms with Gasteiger partial charge in [0.1, 0.15) is 5.82 Å². The Hall–Kier alpha value is -2.56. The van der Waals surface area contributed by atoms with Crippen LogP contribution in [0.4, 0.5) is 0 Å². The number of imidazole rings is 1. The molecule has 0 unspecified atom stereocenters. The van der Waals surface area contributed by atoms with Gasteiger partial charge in [-0.2, -0.15) is 0 Å². The van der Waals surface area contributed by atoms with Gasteiger partial charge in [-0.1, -0.05) is 18.2 Å². The van der Waals surface area contributed by atoms with Gasteiger partial charge in [-0.3, -0.25) is 4.79 Å². The van der Waals surface area contributed by atoms with Crippen LogP contribution in [0.1, 0.15) is 46.5 Å². The number of amides is 1. The predicted molar refractivity (Wildman–Crippen MR) is 94.0 cm³/mol. The predicted octanol–water partition coefficient (Wildman–Crippen LogP) is 3.50. The highest BCUT2D eigenvalue weighted by Crippen LogP contribution is 2.34. The summed E-state index contributed by atoms with van der Waals surface area (Å²) in [6.45, 7) is 4.80. The number of likely N-dealkylation sites (tertiary alicyclic amines) is 1. The fraction of sp³-hybridized carbons (Fsp3) is 0.368. The summed E-state index contributed by atoms with van der Waals surface area (Å²) in [4.78, 5) is 23.1. The lowest BCUT2D eigenvalue weighted by Crippen LogP contribution is -2.31. The van der Waals surface area contributed by atoms with Crippen molar-refractivity contribution < 1.29 is 4.79 Å². The molecule has 24 heavy (non-hydrogen) atoms. The van der Waals surface area contributed by atoms with Crippen molar-refractivity contribution in [1.29, 1.82) is 0 Å². The second-order valence-electron chi connectivity index (χ2n) is 6.64. The molecular formula is C19H22N4O. The Bertz CT molecular complexity index is 921. The Morgan fingerprint density at radius 2 is 2.08 bits per heavy atom. The number of para-hydroxylation sites is 1. The molecule has 2 aromatic heterocycles. The SMILES string of the molecule is Cc1cnc([C@@H]2CCCN2C(=O)c2c(C)n(C)c3ccccc23)[nH]1. The van der Waals surface area contributed by atoms with Crippen LogP contribution in [-0.4, -0.2) is 31.9 Å². The van der Waals surface area contributed by atoms with Crippen molar-refractivity contribution in [2.45, 2.75) is 32.7 Å². The molecule has 0 spiro atoms. The molecule has 1 aliphatic heterocycles. The van der Waals surface area contributed by atoms with Crippen LogP contribution in [0, 0.1) is 13.8 Å². The number of benzene rings is 1. The maximum atomic E-state index is 13.4. The summed E-state index contributed by atoms with van der Waals surface area (Å²) in [6, 6.07) is 8.16. The molecule has 1 aliphatic rings. The van der Waals surface area contributed by atoms with Crippen LogP contribution in [0.2, 0.25) is 0 Å². The van der Waals surface area contributed by atoms with Crippen molar-refractivity contribution in [2.75, 3.05) is 6.54 Å². The highest BCUT2D eigenvalue weighted by atomic mass is 16.2. The second kappa shape index (κ2) is 5.51. The zero-order valence-corrected chi connectivity index (χ0v) is 14.3. The average Bonchev–Trinajstić information content (AvgIpc) is 3.27. The molecule has 1 N–H and O–H groups in total. The smallest absolute Gasteiger partial charge is 0.256 e. The minimum atomic E-state index is 0.0459. The maximum Gasteiger partial charge on any atom is 0.256 e. The monoisotopic (exact) mass is 322 g/mol. The summed E-state index contributed by atoms with van der Waals surface area (Å²) >= 11 is 0. The molecule has 3 aromatic rings. The quantitative estimate of drug-likeness (QED) is 0.785. The number of rotatable bonds is 2. The summed E-state index contributed by atoms with van der Waals surface area (Å²) in [7, 11) is 2.02. The van der Waals surface area contributed by atoms with Crippen molar-refractivity contribution >= 4 is 16.8 Å². The molecule has 5 heteroatoms. The number of aromatic nitrogens is 3. The van der Waals surface area contributed by atoms with Gasteiger partial charge in [-0.25, -0.2) is 4.98 Å². The molecule has 4 rings (SSSR count). The molecule has 1 amide bonds. The molecule has 124 valence electrons. The van der Waals surface area contributed by atoms with Crippen molar-refractivity contribution in [3.8, 4) is 0 Å². The van der Waals surface area contributed by atoms with Crippen LogP contribution in [0.3, 0.4) is 0 Å². The second-order valence-corrected chi connectivity index (χ2v) is 6.64. The third kappa shape index (κ3) is 2.15. The standard InChI is InChI=1S/C19H22N4O/c1-12-11-20-18(21-12)16-9-6-10-23(16)19(24)17-13(2)22(3)15-8-5-4-7-14(15)17/h4-5,7-8,11,16H,6,9-10H2,1-3H3,(H,20,21)/t16-/m0/s1. The van der Waals surface area contributed by atoms with Crippen LogP contribution in [0.5, 0.6) is 0 Å². The van der Waals surface area contributed by atoms with E-state index in [-0.39, 0.29) is 11.9 Å². The molecule has 1 atom stereocenters. The Morgan fingerprint density at radius 1 is 1.29 bits per heavy atom. The largest absolute Gasteiger partial charge is 0.347 e. The van der Waals surface area contributed by atoms with Gasteiger partial charge >= 0.3 is 0 Å². The average molecular weight is 322 g/mol.